The Morgan fingerprint density at radius 2 is 1.71 bits per heavy atom. The number of aryl methyl sites for hydroxylation is 1. The molecule has 1 aliphatic rings. The lowest BCUT2D eigenvalue weighted by Crippen LogP contribution is -2.36. The summed E-state index contributed by atoms with van der Waals surface area (Å²) in [6, 6.07) is 18.4. The lowest BCUT2D eigenvalue weighted by atomic mass is 9.75. The van der Waals surface area contributed by atoms with Crippen molar-refractivity contribution in [3.05, 3.63) is 65.7 Å². The van der Waals surface area contributed by atoms with Gasteiger partial charge in [0.05, 0.1) is 0 Å². The molecule has 1 aliphatic carbocycles. The topological polar surface area (TPSA) is 26.3 Å². The van der Waals surface area contributed by atoms with Crippen LogP contribution in [0.1, 0.15) is 56.4 Å². The Hall–Kier alpha value is -1.74. The van der Waals surface area contributed by atoms with Gasteiger partial charge in [-0.2, -0.15) is 0 Å². The normalized spacial score (nSPS) is 23.4. The van der Waals surface area contributed by atoms with Crippen LogP contribution < -0.4 is 0 Å². The van der Waals surface area contributed by atoms with E-state index in [1.165, 1.54) is 12.0 Å². The monoisotopic (exact) mass is 396 g/mol. The largest absolute Gasteiger partial charge is 0.461 e. The van der Waals surface area contributed by atoms with Gasteiger partial charge in [-0.1, -0.05) is 75.2 Å². The molecule has 0 bridgehead atoms. The summed E-state index contributed by atoms with van der Waals surface area (Å²) in [6.45, 7) is 8.83. The van der Waals surface area contributed by atoms with Gasteiger partial charge in [0, 0.05) is 4.90 Å². The number of carbonyl (C=O) groups excluding carboxylic acids is 1. The Bertz CT molecular complexity index is 754. The van der Waals surface area contributed by atoms with Crippen LogP contribution in [-0.4, -0.2) is 12.1 Å². The van der Waals surface area contributed by atoms with E-state index in [-0.39, 0.29) is 17.3 Å². The number of rotatable bonds is 6. The van der Waals surface area contributed by atoms with E-state index in [2.05, 4.69) is 64.1 Å². The van der Waals surface area contributed by atoms with E-state index in [4.69, 9.17) is 4.74 Å². The maximum atomic E-state index is 13.3. The Morgan fingerprint density at radius 3 is 2.36 bits per heavy atom. The summed E-state index contributed by atoms with van der Waals surface area (Å²) in [4.78, 5) is 14.4. The van der Waals surface area contributed by atoms with Gasteiger partial charge in [0.15, 0.2) is 0 Å². The summed E-state index contributed by atoms with van der Waals surface area (Å²) in [5.74, 6) is 1.50. The van der Waals surface area contributed by atoms with Crippen LogP contribution >= 0.6 is 11.8 Å². The van der Waals surface area contributed by atoms with Crippen molar-refractivity contribution in [1.82, 2.24) is 0 Å². The molecule has 0 spiro atoms. The molecule has 2 aromatic carbocycles. The molecule has 0 heterocycles. The molecule has 0 N–H and O–H groups in total. The Labute approximate surface area is 174 Å². The van der Waals surface area contributed by atoms with E-state index in [0.29, 0.717) is 17.8 Å². The second-order valence-corrected chi connectivity index (χ2v) is 9.70. The summed E-state index contributed by atoms with van der Waals surface area (Å²) in [5, 5.41) is -0.340. The average Bonchev–Trinajstić information content (AvgIpc) is 2.67. The third kappa shape index (κ3) is 5.41. The number of benzene rings is 2. The third-order valence-corrected chi connectivity index (χ3v) is 7.06. The second-order valence-electron chi connectivity index (χ2n) is 8.52. The Kier molecular flexibility index (Phi) is 7.23. The van der Waals surface area contributed by atoms with Gasteiger partial charge in [-0.3, -0.25) is 4.79 Å². The third-order valence-electron chi connectivity index (χ3n) is 5.82. The van der Waals surface area contributed by atoms with Gasteiger partial charge < -0.3 is 4.74 Å². The van der Waals surface area contributed by atoms with Gasteiger partial charge in [-0.25, -0.2) is 0 Å². The summed E-state index contributed by atoms with van der Waals surface area (Å²) in [6.07, 6.45) is 3.39. The molecule has 0 saturated heterocycles. The van der Waals surface area contributed by atoms with Crippen LogP contribution in [0.15, 0.2) is 59.5 Å². The molecule has 0 aliphatic heterocycles. The zero-order valence-corrected chi connectivity index (χ0v) is 18.2. The van der Waals surface area contributed by atoms with Gasteiger partial charge in [0.1, 0.15) is 11.4 Å². The highest BCUT2D eigenvalue weighted by Crippen LogP contribution is 2.40. The summed E-state index contributed by atoms with van der Waals surface area (Å²) in [7, 11) is 0. The molecule has 0 radical (unpaired) electrons. The molecule has 28 heavy (non-hydrogen) atoms. The van der Waals surface area contributed by atoms with E-state index in [1.54, 1.807) is 11.8 Å². The summed E-state index contributed by atoms with van der Waals surface area (Å²) < 4.78 is 6.19. The number of carbonyl (C=O) groups is 1. The number of hydrogen-bond acceptors (Lipinski definition) is 3. The van der Waals surface area contributed by atoms with Gasteiger partial charge in [0.25, 0.3) is 0 Å². The minimum atomic E-state index is -0.340. The van der Waals surface area contributed by atoms with E-state index < -0.39 is 0 Å². The Morgan fingerprint density at radius 1 is 1.04 bits per heavy atom. The zero-order valence-electron chi connectivity index (χ0n) is 17.4. The molecule has 1 fully saturated rings. The quantitative estimate of drug-likeness (QED) is 0.395. The molecule has 1 unspecified atom stereocenters. The number of ether oxygens (including phenoxy) is 1. The van der Waals surface area contributed by atoms with Crippen molar-refractivity contribution >= 4 is 17.7 Å². The van der Waals surface area contributed by atoms with Gasteiger partial charge in [0.2, 0.25) is 0 Å². The van der Waals surface area contributed by atoms with E-state index in [1.807, 2.05) is 18.2 Å². The molecule has 0 aromatic heterocycles. The van der Waals surface area contributed by atoms with Crippen molar-refractivity contribution in [2.24, 2.45) is 17.8 Å². The van der Waals surface area contributed by atoms with E-state index in [0.717, 1.165) is 23.3 Å². The van der Waals surface area contributed by atoms with Crippen LogP contribution in [0.25, 0.3) is 0 Å². The summed E-state index contributed by atoms with van der Waals surface area (Å²) >= 11 is 1.58. The minimum absolute atomic E-state index is 0.0283. The van der Waals surface area contributed by atoms with Crippen molar-refractivity contribution in [2.45, 2.75) is 63.2 Å². The molecular weight excluding hydrogens is 364 g/mol. The molecule has 3 heteroatoms. The predicted molar refractivity (Wildman–Crippen MR) is 117 cm³/mol. The van der Waals surface area contributed by atoms with Gasteiger partial charge in [-0.05, 0) is 55.2 Å². The van der Waals surface area contributed by atoms with Crippen LogP contribution in [0.3, 0.4) is 0 Å². The van der Waals surface area contributed by atoms with Crippen LogP contribution in [0.4, 0.5) is 0 Å². The first kappa shape index (κ1) is 21.0. The maximum Gasteiger partial charge on any atom is 0.324 e. The standard InChI is InChI=1S/C25H32O2S/c1-17(2)22-15-12-19(4)16-23(22)27-25(26)24(20-13-10-18(3)11-14-20)28-21-8-6-5-7-9-21/h5-11,13-14,17,19,22-24H,12,15-16H2,1-4H3/t19-,22+,23-,24?/m1/s1. The maximum absolute atomic E-state index is 13.3. The molecule has 2 aromatic rings. The lowest BCUT2D eigenvalue weighted by Gasteiger charge is -2.37. The molecule has 1 saturated carbocycles. The lowest BCUT2D eigenvalue weighted by molar-refractivity contribution is -0.155. The van der Waals surface area contributed by atoms with Crippen molar-refractivity contribution in [2.75, 3.05) is 0 Å². The molecule has 3 rings (SSSR count). The van der Waals surface area contributed by atoms with Crippen molar-refractivity contribution < 1.29 is 9.53 Å². The first-order chi connectivity index (χ1) is 13.4. The van der Waals surface area contributed by atoms with Crippen molar-refractivity contribution in [1.29, 1.82) is 0 Å². The van der Waals surface area contributed by atoms with Crippen LogP contribution in [0, 0.1) is 24.7 Å². The zero-order chi connectivity index (χ0) is 20.1. The molecule has 150 valence electrons. The minimum Gasteiger partial charge on any atom is -0.461 e. The first-order valence-electron chi connectivity index (χ1n) is 10.4. The van der Waals surface area contributed by atoms with Crippen LogP contribution in [0.5, 0.6) is 0 Å². The van der Waals surface area contributed by atoms with Crippen LogP contribution in [-0.2, 0) is 9.53 Å². The Balaban J connectivity index is 1.82. The first-order valence-corrected chi connectivity index (χ1v) is 11.3. The van der Waals surface area contributed by atoms with Crippen molar-refractivity contribution in [3.8, 4) is 0 Å². The molecule has 4 atom stereocenters. The average molecular weight is 397 g/mol. The van der Waals surface area contributed by atoms with Crippen molar-refractivity contribution in [3.63, 3.8) is 0 Å². The van der Waals surface area contributed by atoms with Gasteiger partial charge in [-0.15, -0.1) is 11.8 Å². The number of hydrogen-bond donors (Lipinski definition) is 0. The van der Waals surface area contributed by atoms with Crippen LogP contribution in [0.2, 0.25) is 0 Å². The molecule has 0 amide bonds. The van der Waals surface area contributed by atoms with E-state index >= 15 is 0 Å². The highest BCUT2D eigenvalue weighted by Gasteiger charge is 2.35. The fourth-order valence-corrected chi connectivity index (χ4v) is 5.12. The number of esters is 1. The highest BCUT2D eigenvalue weighted by atomic mass is 32.2. The molecular formula is C25H32O2S. The number of thioether (sulfide) groups is 1. The fourth-order valence-electron chi connectivity index (χ4n) is 4.09. The smallest absolute Gasteiger partial charge is 0.324 e. The highest BCUT2D eigenvalue weighted by molar-refractivity contribution is 8.00. The summed E-state index contributed by atoms with van der Waals surface area (Å²) in [5.41, 5.74) is 2.20. The fraction of sp³-hybridized carbons (Fsp3) is 0.480. The predicted octanol–water partition coefficient (Wildman–Crippen LogP) is 6.83. The second kappa shape index (κ2) is 9.65. The van der Waals surface area contributed by atoms with Gasteiger partial charge >= 0.3 is 5.97 Å². The van der Waals surface area contributed by atoms with E-state index in [9.17, 15) is 4.79 Å². The SMILES string of the molecule is Cc1ccc(C(Sc2ccccc2)C(=O)O[C@@H]2C[C@H](C)CC[C@H]2C(C)C)cc1. The molecule has 2 nitrogen and oxygen atoms in total.